The van der Waals surface area contributed by atoms with Crippen molar-refractivity contribution >= 4 is 47.6 Å². The van der Waals surface area contributed by atoms with Crippen LogP contribution in [0.5, 0.6) is 0 Å². The van der Waals surface area contributed by atoms with Crippen LogP contribution in [0, 0.1) is 0 Å². The lowest BCUT2D eigenvalue weighted by atomic mass is 10.1. The Morgan fingerprint density at radius 3 is 2.48 bits per heavy atom. The molecule has 0 aromatic heterocycles. The van der Waals surface area contributed by atoms with E-state index >= 15 is 0 Å². The molecule has 1 saturated heterocycles. The molecule has 1 aliphatic heterocycles. The lowest BCUT2D eigenvalue weighted by molar-refractivity contribution is -0.114. The van der Waals surface area contributed by atoms with Crippen molar-refractivity contribution in [1.29, 1.82) is 0 Å². The fraction of sp³-hybridized carbons (Fsp3) is 0.591. The van der Waals surface area contributed by atoms with Gasteiger partial charge >= 0.3 is 6.09 Å². The molecule has 1 heterocycles. The van der Waals surface area contributed by atoms with Crippen LogP contribution in [-0.2, 0) is 16.0 Å². The maximum Gasteiger partial charge on any atom is 0.407 e. The predicted octanol–water partition coefficient (Wildman–Crippen LogP) is 3.37. The Morgan fingerprint density at radius 2 is 1.90 bits per heavy atom. The molecule has 0 saturated carbocycles. The number of ether oxygens (including phenoxy) is 1. The molecule has 31 heavy (non-hydrogen) atoms. The van der Waals surface area contributed by atoms with Gasteiger partial charge in [-0.1, -0.05) is 12.1 Å². The number of nitrogens with zero attached hydrogens (tertiary/aromatic N) is 2. The molecule has 2 amide bonds. The second-order valence-corrected chi connectivity index (χ2v) is 8.44. The van der Waals surface area contributed by atoms with E-state index in [4.69, 9.17) is 9.73 Å². The Bertz CT molecular complexity index is 747. The molecule has 1 atom stereocenters. The molecule has 2 rings (SSSR count). The number of alkyl carbamates (subject to hydrolysis) is 1. The molecule has 1 unspecified atom stereocenters. The van der Waals surface area contributed by atoms with Crippen LogP contribution in [0.25, 0.3) is 0 Å². The number of anilines is 1. The molecule has 174 valence electrons. The van der Waals surface area contributed by atoms with Crippen LogP contribution in [0.4, 0.5) is 10.5 Å². The number of hydrogen-bond donors (Lipinski definition) is 3. The first-order valence-corrected chi connectivity index (χ1v) is 10.6. The molecule has 3 N–H and O–H groups in total. The van der Waals surface area contributed by atoms with Gasteiger partial charge in [-0.2, -0.15) is 0 Å². The molecule has 0 spiro atoms. The topological polar surface area (TPSA) is 95.1 Å². The maximum absolute atomic E-state index is 12.0. The van der Waals surface area contributed by atoms with Gasteiger partial charge in [0.05, 0.1) is 6.04 Å². The molecule has 0 aliphatic carbocycles. The van der Waals surface area contributed by atoms with Gasteiger partial charge in [0.15, 0.2) is 5.96 Å². The van der Waals surface area contributed by atoms with Crippen molar-refractivity contribution in [2.75, 3.05) is 31.5 Å². The number of benzene rings is 1. The van der Waals surface area contributed by atoms with Crippen LogP contribution in [0.1, 0.15) is 46.6 Å². The summed E-state index contributed by atoms with van der Waals surface area (Å²) in [6.45, 7) is 12.1. The van der Waals surface area contributed by atoms with Gasteiger partial charge in [0.2, 0.25) is 5.91 Å². The minimum atomic E-state index is -0.501. The largest absolute Gasteiger partial charge is 0.444 e. The van der Waals surface area contributed by atoms with Gasteiger partial charge in [-0.3, -0.25) is 9.79 Å². The molecular formula is C22H36IN5O3. The van der Waals surface area contributed by atoms with Crippen LogP contribution < -0.4 is 16.0 Å². The molecule has 1 aromatic rings. The molecule has 0 bridgehead atoms. The van der Waals surface area contributed by atoms with Crippen molar-refractivity contribution in [1.82, 2.24) is 15.5 Å². The zero-order valence-electron chi connectivity index (χ0n) is 19.2. The fourth-order valence-electron chi connectivity index (χ4n) is 3.22. The summed E-state index contributed by atoms with van der Waals surface area (Å²) in [5.74, 6) is 0.786. The minimum Gasteiger partial charge on any atom is -0.444 e. The van der Waals surface area contributed by atoms with Crippen molar-refractivity contribution in [2.24, 2.45) is 4.99 Å². The molecule has 9 heteroatoms. The predicted molar refractivity (Wildman–Crippen MR) is 135 cm³/mol. The highest BCUT2D eigenvalue weighted by atomic mass is 127. The van der Waals surface area contributed by atoms with Crippen molar-refractivity contribution in [3.8, 4) is 0 Å². The van der Waals surface area contributed by atoms with Crippen LogP contribution in [0.3, 0.4) is 0 Å². The van der Waals surface area contributed by atoms with E-state index in [1.807, 2.05) is 52.0 Å². The third-order valence-electron chi connectivity index (χ3n) is 4.48. The molecule has 1 aliphatic rings. The number of carbonyl (C=O) groups excluding carboxylic acids is 2. The Balaban J connectivity index is 0.00000480. The summed E-state index contributed by atoms with van der Waals surface area (Å²) < 4.78 is 5.35. The lowest BCUT2D eigenvalue weighted by Crippen LogP contribution is -2.44. The van der Waals surface area contributed by atoms with E-state index in [1.54, 1.807) is 0 Å². The summed E-state index contributed by atoms with van der Waals surface area (Å²) in [7, 11) is 0. The van der Waals surface area contributed by atoms with Crippen LogP contribution in [0.15, 0.2) is 29.3 Å². The normalized spacial score (nSPS) is 16.4. The van der Waals surface area contributed by atoms with Crippen molar-refractivity contribution in [3.63, 3.8) is 0 Å². The van der Waals surface area contributed by atoms with Gasteiger partial charge in [-0.15, -0.1) is 24.0 Å². The van der Waals surface area contributed by atoms with E-state index in [1.165, 1.54) is 6.92 Å². The summed E-state index contributed by atoms with van der Waals surface area (Å²) in [6, 6.07) is 7.86. The van der Waals surface area contributed by atoms with Crippen LogP contribution >= 0.6 is 24.0 Å². The SMILES string of the molecule is CCNC(=NCCc1ccc(NC(C)=O)cc1)N1CCC(NC(=O)OC(C)(C)C)C1.I. The smallest absolute Gasteiger partial charge is 0.407 e. The zero-order chi connectivity index (χ0) is 22.1. The van der Waals surface area contributed by atoms with E-state index in [-0.39, 0.29) is 42.0 Å². The molecule has 1 fully saturated rings. The molecule has 8 nitrogen and oxygen atoms in total. The third-order valence-corrected chi connectivity index (χ3v) is 4.48. The monoisotopic (exact) mass is 545 g/mol. The van der Waals surface area contributed by atoms with Gasteiger partial charge in [0.1, 0.15) is 5.60 Å². The number of rotatable bonds is 6. The Kier molecular flexibility index (Phi) is 11.1. The first-order valence-electron chi connectivity index (χ1n) is 10.6. The van der Waals surface area contributed by atoms with Crippen molar-refractivity contribution in [3.05, 3.63) is 29.8 Å². The summed E-state index contributed by atoms with van der Waals surface area (Å²) >= 11 is 0. The maximum atomic E-state index is 12.0. The first kappa shape index (κ1) is 27.0. The van der Waals surface area contributed by atoms with E-state index < -0.39 is 5.60 Å². The molecule has 1 aromatic carbocycles. The number of likely N-dealkylation sites (tertiary alicyclic amines) is 1. The van der Waals surface area contributed by atoms with E-state index in [9.17, 15) is 9.59 Å². The summed E-state index contributed by atoms with van der Waals surface area (Å²) in [5, 5.41) is 9.05. The average molecular weight is 545 g/mol. The second kappa shape index (κ2) is 12.7. The summed E-state index contributed by atoms with van der Waals surface area (Å²) in [6.07, 6.45) is 1.29. The highest BCUT2D eigenvalue weighted by Crippen LogP contribution is 2.13. The number of carbonyl (C=O) groups is 2. The van der Waals surface area contributed by atoms with Gasteiger partial charge in [0.25, 0.3) is 0 Å². The van der Waals surface area contributed by atoms with Gasteiger partial charge in [0, 0.05) is 38.8 Å². The average Bonchev–Trinajstić information content (AvgIpc) is 3.08. The highest BCUT2D eigenvalue weighted by Gasteiger charge is 2.27. The second-order valence-electron chi connectivity index (χ2n) is 8.44. The van der Waals surface area contributed by atoms with Gasteiger partial charge < -0.3 is 25.6 Å². The number of halogens is 1. The minimum absolute atomic E-state index is 0. The van der Waals surface area contributed by atoms with Crippen molar-refractivity contribution < 1.29 is 14.3 Å². The number of hydrogen-bond acceptors (Lipinski definition) is 4. The first-order chi connectivity index (χ1) is 14.2. The molecular weight excluding hydrogens is 509 g/mol. The number of guanidine groups is 1. The summed E-state index contributed by atoms with van der Waals surface area (Å²) in [5.41, 5.74) is 1.46. The highest BCUT2D eigenvalue weighted by molar-refractivity contribution is 14.0. The van der Waals surface area contributed by atoms with Crippen molar-refractivity contribution in [2.45, 2.75) is 59.1 Å². The Morgan fingerprint density at radius 1 is 1.23 bits per heavy atom. The summed E-state index contributed by atoms with van der Waals surface area (Å²) in [4.78, 5) is 30.0. The lowest BCUT2D eigenvalue weighted by Gasteiger charge is -2.23. The number of nitrogens with one attached hydrogen (secondary N) is 3. The van der Waals surface area contributed by atoms with Crippen LogP contribution in [-0.4, -0.2) is 60.7 Å². The van der Waals surface area contributed by atoms with E-state index in [0.717, 1.165) is 43.1 Å². The van der Waals surface area contributed by atoms with E-state index in [2.05, 4.69) is 20.9 Å². The quantitative estimate of drug-likeness (QED) is 0.290. The zero-order valence-corrected chi connectivity index (χ0v) is 21.5. The fourth-order valence-corrected chi connectivity index (χ4v) is 3.22. The third kappa shape index (κ3) is 10.2. The van der Waals surface area contributed by atoms with Crippen LogP contribution in [0.2, 0.25) is 0 Å². The Hall–Kier alpha value is -2.04. The van der Waals surface area contributed by atoms with Gasteiger partial charge in [-0.05, 0) is 58.2 Å². The van der Waals surface area contributed by atoms with E-state index in [0.29, 0.717) is 13.1 Å². The number of amides is 2. The van der Waals surface area contributed by atoms with Gasteiger partial charge in [-0.25, -0.2) is 4.79 Å². The molecule has 0 radical (unpaired) electrons. The standard InChI is InChI=1S/C22H35N5O3.HI/c1-6-23-20(24-13-11-17-7-9-18(10-8-17)25-16(2)28)27-14-12-19(15-27)26-21(29)30-22(3,4)5;/h7-10,19H,6,11-15H2,1-5H3,(H,23,24)(H,25,28)(H,26,29);1H. The number of aliphatic imine (C=N–C) groups is 1. The Labute approximate surface area is 202 Å².